The Balaban J connectivity index is 1.75. The maximum atomic E-state index is 11.3. The second-order valence-electron chi connectivity index (χ2n) is 4.41. The summed E-state index contributed by atoms with van der Waals surface area (Å²) in [6, 6.07) is 4.13. The van der Waals surface area contributed by atoms with Gasteiger partial charge < -0.3 is 5.32 Å². The van der Waals surface area contributed by atoms with Crippen molar-refractivity contribution in [3.8, 4) is 0 Å². The van der Waals surface area contributed by atoms with Crippen LogP contribution in [0.3, 0.4) is 0 Å². The number of nitrogens with zero attached hydrogens (tertiary/aromatic N) is 3. The summed E-state index contributed by atoms with van der Waals surface area (Å²) >= 11 is 1.70. The fraction of sp³-hybridized carbons (Fsp3) is 0.250. The molecular formula is C12H13N5OS. The van der Waals surface area contributed by atoms with E-state index in [0.717, 1.165) is 6.42 Å². The molecule has 0 aliphatic heterocycles. The van der Waals surface area contributed by atoms with Crippen molar-refractivity contribution in [1.29, 1.82) is 0 Å². The summed E-state index contributed by atoms with van der Waals surface area (Å²) in [6.45, 7) is 2.10. The maximum absolute atomic E-state index is 11.3. The van der Waals surface area contributed by atoms with Crippen LogP contribution < -0.4 is 11.0 Å². The van der Waals surface area contributed by atoms with Gasteiger partial charge in [0.05, 0.1) is 0 Å². The van der Waals surface area contributed by atoms with Crippen LogP contribution in [0.15, 0.2) is 34.0 Å². The summed E-state index contributed by atoms with van der Waals surface area (Å²) in [5.41, 5.74) is 1.59. The van der Waals surface area contributed by atoms with Crippen LogP contribution in [0.2, 0.25) is 0 Å². The van der Waals surface area contributed by atoms with Gasteiger partial charge in [0, 0.05) is 12.1 Å². The minimum Gasteiger partial charge on any atom is -0.367 e. The molecule has 3 rings (SSSR count). The van der Waals surface area contributed by atoms with Gasteiger partial charge in [-0.2, -0.15) is 16.4 Å². The molecule has 1 unspecified atom stereocenters. The van der Waals surface area contributed by atoms with Gasteiger partial charge in [-0.25, -0.2) is 19.3 Å². The molecule has 3 aromatic rings. The molecule has 0 amide bonds. The lowest BCUT2D eigenvalue weighted by atomic mass is 10.1. The number of fused-ring (bicyclic) bond motifs is 1. The largest absolute Gasteiger partial charge is 0.367 e. The van der Waals surface area contributed by atoms with E-state index in [1.165, 1.54) is 16.3 Å². The first-order valence-corrected chi connectivity index (χ1v) is 6.87. The zero-order valence-electron chi connectivity index (χ0n) is 10.3. The summed E-state index contributed by atoms with van der Waals surface area (Å²) in [6.07, 6.45) is 2.41. The Hall–Kier alpha value is -2.15. The lowest BCUT2D eigenvalue weighted by Gasteiger charge is -2.13. The number of thiophene rings is 1. The molecule has 0 bridgehead atoms. The number of hydrogen-bond donors (Lipinski definition) is 2. The molecule has 6 nitrogen and oxygen atoms in total. The van der Waals surface area contributed by atoms with Crippen molar-refractivity contribution >= 4 is 22.8 Å². The molecule has 0 spiro atoms. The fourth-order valence-electron chi connectivity index (χ4n) is 1.95. The van der Waals surface area contributed by atoms with Crippen molar-refractivity contribution in [2.45, 2.75) is 19.4 Å². The van der Waals surface area contributed by atoms with Gasteiger partial charge in [-0.15, -0.1) is 0 Å². The Morgan fingerprint density at radius 3 is 3.26 bits per heavy atom. The van der Waals surface area contributed by atoms with Crippen LogP contribution in [-0.2, 0) is 6.42 Å². The molecule has 2 N–H and O–H groups in total. The molecule has 0 radical (unpaired) electrons. The van der Waals surface area contributed by atoms with Gasteiger partial charge >= 0.3 is 5.69 Å². The Bertz CT molecular complexity index is 730. The average Bonchev–Trinajstić information content (AvgIpc) is 3.00. The highest BCUT2D eigenvalue weighted by atomic mass is 32.1. The lowest BCUT2D eigenvalue weighted by molar-refractivity contribution is 0.785. The van der Waals surface area contributed by atoms with Crippen molar-refractivity contribution in [2.75, 3.05) is 5.32 Å². The predicted molar refractivity (Wildman–Crippen MR) is 74.7 cm³/mol. The van der Waals surface area contributed by atoms with E-state index in [9.17, 15) is 4.79 Å². The van der Waals surface area contributed by atoms with Gasteiger partial charge in [-0.1, -0.05) is 0 Å². The molecule has 1 atom stereocenters. The molecule has 3 aromatic heterocycles. The molecule has 0 aromatic carbocycles. The van der Waals surface area contributed by atoms with Gasteiger partial charge in [0.1, 0.15) is 12.1 Å². The van der Waals surface area contributed by atoms with Crippen LogP contribution in [0.1, 0.15) is 12.5 Å². The number of aromatic nitrogens is 4. The third-order valence-corrected chi connectivity index (χ3v) is 3.56. The molecule has 0 saturated heterocycles. The van der Waals surface area contributed by atoms with E-state index < -0.39 is 0 Å². The van der Waals surface area contributed by atoms with Gasteiger partial charge in [0.15, 0.2) is 5.65 Å². The molecule has 98 valence electrons. The monoisotopic (exact) mass is 275 g/mol. The van der Waals surface area contributed by atoms with Gasteiger partial charge in [0.25, 0.3) is 0 Å². The van der Waals surface area contributed by atoms with E-state index in [-0.39, 0.29) is 11.7 Å². The predicted octanol–water partition coefficient (Wildman–Crippen LogP) is 1.52. The van der Waals surface area contributed by atoms with E-state index in [4.69, 9.17) is 0 Å². The SMILES string of the molecule is CC(Cc1ccsc1)Nc1cc2n[nH]c(=O)n2cn1. The number of H-pyrrole nitrogens is 1. The van der Waals surface area contributed by atoms with E-state index >= 15 is 0 Å². The topological polar surface area (TPSA) is 75.1 Å². The van der Waals surface area contributed by atoms with Crippen LogP contribution in [0.25, 0.3) is 5.65 Å². The summed E-state index contributed by atoms with van der Waals surface area (Å²) in [7, 11) is 0. The van der Waals surface area contributed by atoms with Crippen LogP contribution >= 0.6 is 11.3 Å². The third kappa shape index (κ3) is 2.50. The highest BCUT2D eigenvalue weighted by Gasteiger charge is 2.07. The van der Waals surface area contributed by atoms with E-state index in [2.05, 4.69) is 44.2 Å². The molecule has 0 fully saturated rings. The minimum atomic E-state index is -0.277. The van der Waals surface area contributed by atoms with Crippen molar-refractivity contribution in [3.63, 3.8) is 0 Å². The Morgan fingerprint density at radius 1 is 1.58 bits per heavy atom. The Kier molecular flexibility index (Phi) is 3.04. The van der Waals surface area contributed by atoms with Crippen LogP contribution in [-0.4, -0.2) is 25.6 Å². The van der Waals surface area contributed by atoms with Crippen molar-refractivity contribution < 1.29 is 0 Å². The summed E-state index contributed by atoms with van der Waals surface area (Å²) < 4.78 is 1.37. The fourth-order valence-corrected chi connectivity index (χ4v) is 2.64. The van der Waals surface area contributed by atoms with Gasteiger partial charge in [0.2, 0.25) is 0 Å². The van der Waals surface area contributed by atoms with Crippen molar-refractivity contribution in [2.24, 2.45) is 0 Å². The van der Waals surface area contributed by atoms with E-state index in [1.807, 2.05) is 0 Å². The summed E-state index contributed by atoms with van der Waals surface area (Å²) in [4.78, 5) is 15.5. The number of anilines is 1. The number of hydrogen-bond acceptors (Lipinski definition) is 5. The Labute approximate surface area is 113 Å². The normalized spacial score (nSPS) is 12.7. The first kappa shape index (κ1) is 11.9. The zero-order chi connectivity index (χ0) is 13.2. The van der Waals surface area contributed by atoms with E-state index in [1.54, 1.807) is 17.4 Å². The second kappa shape index (κ2) is 4.85. The highest BCUT2D eigenvalue weighted by molar-refractivity contribution is 7.07. The maximum Gasteiger partial charge on any atom is 0.348 e. The minimum absolute atomic E-state index is 0.259. The summed E-state index contributed by atoms with van der Waals surface area (Å²) in [5, 5.41) is 13.8. The molecule has 7 heteroatoms. The lowest BCUT2D eigenvalue weighted by Crippen LogP contribution is -2.19. The van der Waals surface area contributed by atoms with Gasteiger partial charge in [-0.05, 0) is 35.7 Å². The second-order valence-corrected chi connectivity index (χ2v) is 5.19. The zero-order valence-corrected chi connectivity index (χ0v) is 11.1. The molecule has 19 heavy (non-hydrogen) atoms. The summed E-state index contributed by atoms with van der Waals surface area (Å²) in [5.74, 6) is 0.717. The molecule has 3 heterocycles. The van der Waals surface area contributed by atoms with Crippen LogP contribution in [0.4, 0.5) is 5.82 Å². The average molecular weight is 275 g/mol. The van der Waals surface area contributed by atoms with Crippen molar-refractivity contribution in [3.05, 3.63) is 45.3 Å². The molecule has 0 aliphatic carbocycles. The highest BCUT2D eigenvalue weighted by Crippen LogP contribution is 2.12. The van der Waals surface area contributed by atoms with Gasteiger partial charge in [-0.3, -0.25) is 0 Å². The number of nitrogens with one attached hydrogen (secondary N) is 2. The van der Waals surface area contributed by atoms with E-state index in [0.29, 0.717) is 11.5 Å². The molecule has 0 saturated carbocycles. The third-order valence-electron chi connectivity index (χ3n) is 2.83. The van der Waals surface area contributed by atoms with Crippen LogP contribution in [0, 0.1) is 0 Å². The number of rotatable bonds is 4. The molecular weight excluding hydrogens is 262 g/mol. The first-order chi connectivity index (χ1) is 9.22. The number of aromatic amines is 1. The first-order valence-electron chi connectivity index (χ1n) is 5.93. The smallest absolute Gasteiger partial charge is 0.348 e. The Morgan fingerprint density at radius 2 is 2.47 bits per heavy atom. The quantitative estimate of drug-likeness (QED) is 0.757. The van der Waals surface area contributed by atoms with Crippen LogP contribution in [0.5, 0.6) is 0 Å². The standard InChI is InChI=1S/C12H13N5OS/c1-8(4-9-2-3-19-6-9)14-10-5-11-15-16-12(18)17(11)7-13-10/h2-3,5-8,14H,4H2,1H3,(H,16,18). The molecule has 0 aliphatic rings. The van der Waals surface area contributed by atoms with Crippen molar-refractivity contribution in [1.82, 2.24) is 19.6 Å².